The van der Waals surface area contributed by atoms with E-state index in [0.29, 0.717) is 11.4 Å². The summed E-state index contributed by atoms with van der Waals surface area (Å²) < 4.78 is 7.24. The maximum atomic E-state index is 5.86. The Hall–Kier alpha value is -1.71. The molecule has 0 saturated carbocycles. The van der Waals surface area contributed by atoms with Gasteiger partial charge in [-0.25, -0.2) is 0 Å². The smallest absolute Gasteiger partial charge is 0.167 e. The zero-order chi connectivity index (χ0) is 11.0. The molecule has 4 nitrogen and oxygen atoms in total. The van der Waals surface area contributed by atoms with Crippen LogP contribution in [0, 0.1) is 0 Å². The summed E-state index contributed by atoms with van der Waals surface area (Å²) in [7, 11) is 1.63. The average molecular weight is 205 g/mol. The van der Waals surface area contributed by atoms with Crippen LogP contribution in [0.3, 0.4) is 0 Å². The van der Waals surface area contributed by atoms with Crippen molar-refractivity contribution in [3.8, 4) is 5.75 Å². The predicted octanol–water partition coefficient (Wildman–Crippen LogP) is 2.21. The number of methoxy groups -OCH3 is 1. The Morgan fingerprint density at radius 1 is 1.40 bits per heavy atom. The standard InChI is InChI=1S/C11H15N3O/c1-7(2)14-10-8(6-13-14)4-5-9(12)11(10)15-3/h4-7H,12H2,1-3H3. The van der Waals surface area contributed by atoms with E-state index in [1.165, 1.54) is 0 Å². The summed E-state index contributed by atoms with van der Waals surface area (Å²) >= 11 is 0. The lowest BCUT2D eigenvalue weighted by atomic mass is 10.2. The zero-order valence-electron chi connectivity index (χ0n) is 9.19. The maximum Gasteiger partial charge on any atom is 0.167 e. The van der Waals surface area contributed by atoms with E-state index in [1.807, 2.05) is 23.0 Å². The Labute approximate surface area is 88.6 Å². The van der Waals surface area contributed by atoms with Crippen molar-refractivity contribution < 1.29 is 4.74 Å². The molecule has 0 radical (unpaired) electrons. The van der Waals surface area contributed by atoms with Gasteiger partial charge in [-0.3, -0.25) is 4.68 Å². The molecule has 0 aliphatic heterocycles. The Morgan fingerprint density at radius 2 is 2.13 bits per heavy atom. The molecule has 2 aromatic rings. The van der Waals surface area contributed by atoms with Crippen molar-refractivity contribution in [1.82, 2.24) is 9.78 Å². The van der Waals surface area contributed by atoms with Crippen LogP contribution in [0.5, 0.6) is 5.75 Å². The van der Waals surface area contributed by atoms with Crippen LogP contribution in [0.4, 0.5) is 5.69 Å². The van der Waals surface area contributed by atoms with E-state index in [0.717, 1.165) is 10.9 Å². The molecule has 0 spiro atoms. The van der Waals surface area contributed by atoms with E-state index in [-0.39, 0.29) is 6.04 Å². The Kier molecular flexibility index (Phi) is 2.26. The van der Waals surface area contributed by atoms with Crippen LogP contribution in [0.15, 0.2) is 18.3 Å². The highest BCUT2D eigenvalue weighted by atomic mass is 16.5. The van der Waals surface area contributed by atoms with Gasteiger partial charge in [0.25, 0.3) is 0 Å². The molecule has 15 heavy (non-hydrogen) atoms. The molecule has 0 aliphatic carbocycles. The van der Waals surface area contributed by atoms with Crippen molar-refractivity contribution in [2.24, 2.45) is 0 Å². The average Bonchev–Trinajstić information content (AvgIpc) is 2.61. The fourth-order valence-corrected chi connectivity index (χ4v) is 1.73. The van der Waals surface area contributed by atoms with Crippen molar-refractivity contribution in [3.63, 3.8) is 0 Å². The third-order valence-corrected chi connectivity index (χ3v) is 2.44. The molecular weight excluding hydrogens is 190 g/mol. The van der Waals surface area contributed by atoms with Crippen molar-refractivity contribution in [2.45, 2.75) is 19.9 Å². The monoisotopic (exact) mass is 205 g/mol. The van der Waals surface area contributed by atoms with Gasteiger partial charge >= 0.3 is 0 Å². The molecular formula is C11H15N3O. The first-order valence-corrected chi connectivity index (χ1v) is 4.95. The molecule has 4 heteroatoms. The highest BCUT2D eigenvalue weighted by Gasteiger charge is 2.13. The highest BCUT2D eigenvalue weighted by Crippen LogP contribution is 2.32. The second kappa shape index (κ2) is 3.46. The molecule has 0 fully saturated rings. The number of hydrogen-bond donors (Lipinski definition) is 1. The van der Waals surface area contributed by atoms with E-state index < -0.39 is 0 Å². The molecule has 0 amide bonds. The van der Waals surface area contributed by atoms with Crippen LogP contribution >= 0.6 is 0 Å². The van der Waals surface area contributed by atoms with Gasteiger partial charge < -0.3 is 10.5 Å². The number of benzene rings is 1. The summed E-state index contributed by atoms with van der Waals surface area (Å²) in [6, 6.07) is 4.09. The maximum absolute atomic E-state index is 5.86. The van der Waals surface area contributed by atoms with E-state index in [2.05, 4.69) is 18.9 Å². The van der Waals surface area contributed by atoms with E-state index >= 15 is 0 Å². The molecule has 0 unspecified atom stereocenters. The number of nitrogens with zero attached hydrogens (tertiary/aromatic N) is 2. The summed E-state index contributed by atoms with van der Waals surface area (Å²) in [5, 5.41) is 5.38. The molecule has 80 valence electrons. The number of anilines is 1. The summed E-state index contributed by atoms with van der Waals surface area (Å²) in [6.45, 7) is 4.16. The van der Waals surface area contributed by atoms with Crippen molar-refractivity contribution >= 4 is 16.6 Å². The van der Waals surface area contributed by atoms with E-state index in [1.54, 1.807) is 7.11 Å². The molecule has 1 aromatic carbocycles. The summed E-state index contributed by atoms with van der Waals surface area (Å²) in [6.07, 6.45) is 1.83. The zero-order valence-corrected chi connectivity index (χ0v) is 9.19. The Morgan fingerprint density at radius 3 is 2.73 bits per heavy atom. The molecule has 2 rings (SSSR count). The normalized spacial score (nSPS) is 11.2. The summed E-state index contributed by atoms with van der Waals surface area (Å²) in [5.74, 6) is 0.707. The number of aromatic nitrogens is 2. The molecule has 1 aromatic heterocycles. The Bertz CT molecular complexity index is 488. The van der Waals surface area contributed by atoms with E-state index in [9.17, 15) is 0 Å². The molecule has 0 aliphatic rings. The third kappa shape index (κ3) is 1.42. The number of rotatable bonds is 2. The molecule has 0 saturated heterocycles. The van der Waals surface area contributed by atoms with Crippen molar-refractivity contribution in [1.29, 1.82) is 0 Å². The molecule has 0 bridgehead atoms. The first-order chi connectivity index (χ1) is 7.15. The van der Waals surface area contributed by atoms with Gasteiger partial charge in [0.1, 0.15) is 5.52 Å². The van der Waals surface area contributed by atoms with Gasteiger partial charge in [0.05, 0.1) is 19.0 Å². The van der Waals surface area contributed by atoms with Gasteiger partial charge in [-0.2, -0.15) is 5.10 Å². The predicted molar refractivity (Wildman–Crippen MR) is 61.1 cm³/mol. The van der Waals surface area contributed by atoms with Gasteiger partial charge in [0, 0.05) is 11.4 Å². The van der Waals surface area contributed by atoms with Crippen LogP contribution in [-0.4, -0.2) is 16.9 Å². The highest BCUT2D eigenvalue weighted by molar-refractivity contribution is 5.89. The van der Waals surface area contributed by atoms with Crippen molar-refractivity contribution in [3.05, 3.63) is 18.3 Å². The number of ether oxygens (including phenoxy) is 1. The Balaban J connectivity index is 2.80. The van der Waals surface area contributed by atoms with Crippen LogP contribution in [0.2, 0.25) is 0 Å². The van der Waals surface area contributed by atoms with Gasteiger partial charge in [-0.15, -0.1) is 0 Å². The number of nitrogen functional groups attached to an aromatic ring is 1. The van der Waals surface area contributed by atoms with Gasteiger partial charge in [-0.05, 0) is 26.0 Å². The van der Waals surface area contributed by atoms with Gasteiger partial charge in [0.15, 0.2) is 5.75 Å². The van der Waals surface area contributed by atoms with Crippen LogP contribution in [0.25, 0.3) is 10.9 Å². The SMILES string of the molecule is COc1c(N)ccc2cnn(C(C)C)c12. The first-order valence-electron chi connectivity index (χ1n) is 4.95. The first kappa shape index (κ1) is 9.83. The van der Waals surface area contributed by atoms with Gasteiger partial charge in [0.2, 0.25) is 0 Å². The van der Waals surface area contributed by atoms with Crippen LogP contribution < -0.4 is 10.5 Å². The second-order valence-electron chi connectivity index (χ2n) is 3.81. The van der Waals surface area contributed by atoms with Crippen LogP contribution in [-0.2, 0) is 0 Å². The number of nitrogens with two attached hydrogens (primary N) is 1. The number of fused-ring (bicyclic) bond motifs is 1. The summed E-state index contributed by atoms with van der Waals surface area (Å²) in [4.78, 5) is 0. The molecule has 1 heterocycles. The minimum absolute atomic E-state index is 0.290. The van der Waals surface area contributed by atoms with E-state index in [4.69, 9.17) is 10.5 Å². The molecule has 2 N–H and O–H groups in total. The van der Waals surface area contributed by atoms with Gasteiger partial charge in [-0.1, -0.05) is 0 Å². The minimum Gasteiger partial charge on any atom is -0.492 e. The van der Waals surface area contributed by atoms with Crippen molar-refractivity contribution in [2.75, 3.05) is 12.8 Å². The fraction of sp³-hybridized carbons (Fsp3) is 0.364. The summed E-state index contributed by atoms with van der Waals surface area (Å²) in [5.41, 5.74) is 7.47. The molecule has 0 atom stereocenters. The third-order valence-electron chi connectivity index (χ3n) is 2.44. The lowest BCUT2D eigenvalue weighted by molar-refractivity contribution is 0.416. The second-order valence-corrected chi connectivity index (χ2v) is 3.81. The lowest BCUT2D eigenvalue weighted by Gasteiger charge is -2.11. The fourth-order valence-electron chi connectivity index (χ4n) is 1.73. The lowest BCUT2D eigenvalue weighted by Crippen LogP contribution is -2.04. The quantitative estimate of drug-likeness (QED) is 0.765. The minimum atomic E-state index is 0.290. The number of hydrogen-bond acceptors (Lipinski definition) is 3. The van der Waals surface area contributed by atoms with Crippen LogP contribution in [0.1, 0.15) is 19.9 Å². The topological polar surface area (TPSA) is 53.1 Å². The largest absolute Gasteiger partial charge is 0.492 e.